The minimum absolute atomic E-state index is 0.0223. The van der Waals surface area contributed by atoms with Crippen LogP contribution >= 0.6 is 80.8 Å². The van der Waals surface area contributed by atoms with Crippen LogP contribution in [-0.2, 0) is 39.9 Å². The maximum atomic E-state index is 12.4. The molecule has 92 heavy (non-hydrogen) atoms. The number of benzene rings is 3. The van der Waals surface area contributed by atoms with Gasteiger partial charge in [0, 0.05) is 65.5 Å². The SMILES string of the molecule is CC(C)(C)c1nc2ccc(Cl)c(S(=O)(=O)Cl)c2o1.CN(C)S(=O)(=O)c1c(Cl)ccc(N)c1O.CN(C)S(=O)(=O)c1c(Cl)ccc2nc(C(C)(C)C)oc12.Cc1ccc(C(N)C2CCCS2)o1.Cc1ccc(C(N)C2CCCS2)o1.Cc1ccc(C(N)C2CCCS2)o1. The van der Waals surface area contributed by atoms with Crippen molar-refractivity contribution >= 4 is 138 Å². The molecule has 0 radical (unpaired) electrons. The third kappa shape index (κ3) is 19.8. The molecule has 3 aliphatic heterocycles. The third-order valence-electron chi connectivity index (χ3n) is 14.4. The van der Waals surface area contributed by atoms with Gasteiger partial charge in [-0.3, -0.25) is 0 Å². The molecule has 6 atom stereocenters. The van der Waals surface area contributed by atoms with Crippen LogP contribution in [0.1, 0.15) is 145 Å². The van der Waals surface area contributed by atoms with Crippen LogP contribution in [0.5, 0.6) is 5.75 Å². The van der Waals surface area contributed by atoms with Gasteiger partial charge in [-0.2, -0.15) is 35.3 Å². The van der Waals surface area contributed by atoms with E-state index in [0.29, 0.717) is 38.6 Å². The lowest BCUT2D eigenvalue weighted by Gasteiger charge is -2.15. The minimum Gasteiger partial charge on any atom is -0.504 e. The summed E-state index contributed by atoms with van der Waals surface area (Å²) in [5.41, 5.74) is 24.2. The van der Waals surface area contributed by atoms with E-state index in [9.17, 15) is 30.4 Å². The molecule has 3 saturated heterocycles. The first-order chi connectivity index (χ1) is 42.7. The Hall–Kier alpha value is -4.10. The summed E-state index contributed by atoms with van der Waals surface area (Å²) in [4.78, 5) is 7.97. The Morgan fingerprint density at radius 2 is 0.826 bits per heavy atom. The van der Waals surface area contributed by atoms with Gasteiger partial charge in [0.1, 0.15) is 60.3 Å². The van der Waals surface area contributed by atoms with E-state index >= 15 is 0 Å². The zero-order valence-corrected chi connectivity index (χ0v) is 61.7. The lowest BCUT2D eigenvalue weighted by Crippen LogP contribution is -2.22. The highest BCUT2D eigenvalue weighted by Gasteiger charge is 2.33. The second kappa shape index (κ2) is 32.3. The molecule has 20 nitrogen and oxygen atoms in total. The van der Waals surface area contributed by atoms with Crippen molar-refractivity contribution in [1.82, 2.24) is 18.6 Å². The van der Waals surface area contributed by atoms with Gasteiger partial charge >= 0.3 is 0 Å². The number of anilines is 1. The van der Waals surface area contributed by atoms with Crippen molar-refractivity contribution in [3.05, 3.63) is 134 Å². The van der Waals surface area contributed by atoms with Gasteiger partial charge in [-0.1, -0.05) is 76.3 Å². The topological polar surface area (TPSA) is 325 Å². The van der Waals surface area contributed by atoms with E-state index in [1.807, 2.05) is 134 Å². The van der Waals surface area contributed by atoms with Crippen LogP contribution in [-0.4, -0.2) is 110 Å². The molecule has 0 aliphatic carbocycles. The van der Waals surface area contributed by atoms with E-state index in [-0.39, 0.29) is 75.6 Å². The number of phenolic OH excluding ortho intramolecular Hbond substituents is 1. The Morgan fingerprint density at radius 3 is 1.12 bits per heavy atom. The average Bonchev–Trinajstić information content (AvgIpc) is 1.54. The van der Waals surface area contributed by atoms with Crippen LogP contribution in [0.15, 0.2) is 110 Å². The number of thioether (sulfide) groups is 3. The zero-order chi connectivity index (χ0) is 68.6. The normalized spacial score (nSPS) is 18.0. The summed E-state index contributed by atoms with van der Waals surface area (Å²) in [7, 11) is -0.524. The highest BCUT2D eigenvalue weighted by Crippen LogP contribution is 2.41. The second-order valence-corrected chi connectivity index (χ2v) is 36.3. The molecule has 6 unspecified atom stereocenters. The van der Waals surface area contributed by atoms with Crippen LogP contribution in [0, 0.1) is 20.8 Å². The first-order valence-electron chi connectivity index (χ1n) is 29.3. The van der Waals surface area contributed by atoms with Gasteiger partial charge < -0.3 is 50.1 Å². The minimum atomic E-state index is -3.99. The number of oxazole rings is 2. The standard InChI is InChI=1S/C13H17ClN2O3S.C11H11Cl2NO3S.3C10H15NOS.C8H11ClN2O3S/c1-13(2,3)12-15-9-7-6-8(14)11(10(9)19-12)20(17,18)16(4)5;1-11(2,3)10-14-7-5-4-6(12)9(8(7)17-10)18(13,15)16;3*1-7-4-5-8(12-7)10(11)9-3-2-6-13-9;1-11(2)15(13,14)8-5(9)3-4-6(10)7(8)12/h6-7H,1-5H3;4-5H,1-3H3;3*4-5,9-10H,2-3,6,11H2,1H3;3-4,12H,10H2,1-2H3. The quantitative estimate of drug-likeness (QED) is 0.0456. The molecular formula is C62H84Cl4N8O12S6. The summed E-state index contributed by atoms with van der Waals surface area (Å²) >= 11 is 23.5. The van der Waals surface area contributed by atoms with Gasteiger partial charge in [0.2, 0.25) is 31.8 Å². The van der Waals surface area contributed by atoms with Gasteiger partial charge in [-0.25, -0.2) is 43.8 Å². The summed E-state index contributed by atoms with van der Waals surface area (Å²) in [5.74, 6) is 9.82. The maximum Gasteiger partial charge on any atom is 0.266 e. The van der Waals surface area contributed by atoms with E-state index in [1.54, 1.807) is 12.1 Å². The van der Waals surface area contributed by atoms with Crippen molar-refractivity contribution in [1.29, 1.82) is 0 Å². The van der Waals surface area contributed by atoms with Gasteiger partial charge in [0.25, 0.3) is 9.05 Å². The Kier molecular flexibility index (Phi) is 27.0. The van der Waals surface area contributed by atoms with Crippen LogP contribution in [0.25, 0.3) is 22.2 Å². The largest absolute Gasteiger partial charge is 0.504 e. The van der Waals surface area contributed by atoms with Gasteiger partial charge in [-0.15, -0.1) is 0 Å². The van der Waals surface area contributed by atoms with E-state index in [0.717, 1.165) is 43.2 Å². The maximum absolute atomic E-state index is 12.4. The number of phenols is 1. The number of hydrogen-bond acceptors (Lipinski definition) is 21. The number of nitrogens with zero attached hydrogens (tertiary/aromatic N) is 4. The fraction of sp³-hybridized carbons (Fsp3) is 0.484. The number of hydrogen-bond donors (Lipinski definition) is 5. The van der Waals surface area contributed by atoms with Gasteiger partial charge in [0.05, 0.1) is 38.9 Å². The molecule has 11 rings (SSSR count). The van der Waals surface area contributed by atoms with Gasteiger partial charge in [-0.05, 0) is 149 Å². The molecule has 0 spiro atoms. The summed E-state index contributed by atoms with van der Waals surface area (Å²) < 4.78 is 101. The second-order valence-electron chi connectivity index (χ2n) is 24.4. The van der Waals surface area contributed by atoms with Gasteiger partial charge in [0.15, 0.2) is 16.9 Å². The smallest absolute Gasteiger partial charge is 0.266 e. The zero-order valence-electron chi connectivity index (χ0n) is 53.8. The number of furan rings is 3. The summed E-state index contributed by atoms with van der Waals surface area (Å²) in [6, 6.07) is 21.1. The molecule has 8 aromatic rings. The van der Waals surface area contributed by atoms with E-state index in [1.165, 1.54) is 108 Å². The number of nitrogen functional groups attached to an aromatic ring is 1. The molecule has 8 heterocycles. The number of nitrogens with two attached hydrogens (primary N) is 4. The first kappa shape index (κ1) is 76.9. The Morgan fingerprint density at radius 1 is 0.511 bits per heavy atom. The van der Waals surface area contributed by atoms with Crippen LogP contribution in [0.3, 0.4) is 0 Å². The molecule has 30 heteroatoms. The number of aromatic hydroxyl groups is 1. The van der Waals surface area contributed by atoms with Crippen molar-refractivity contribution in [3.8, 4) is 5.75 Å². The predicted octanol–water partition coefficient (Wildman–Crippen LogP) is 15.1. The molecule has 0 saturated carbocycles. The molecule has 5 aromatic heterocycles. The Balaban J connectivity index is 0.000000177. The number of halogens is 4. The monoisotopic (exact) mass is 1460 g/mol. The molecular weight excluding hydrogens is 1380 g/mol. The molecule has 3 aromatic carbocycles. The predicted molar refractivity (Wildman–Crippen MR) is 375 cm³/mol. The third-order valence-corrected chi connectivity index (χ3v) is 25.3. The Labute approximate surface area is 572 Å². The lowest BCUT2D eigenvalue weighted by molar-refractivity contribution is 0.408. The fourth-order valence-corrected chi connectivity index (χ4v) is 17.9. The van der Waals surface area contributed by atoms with Crippen molar-refractivity contribution in [2.75, 3.05) is 51.2 Å². The lowest BCUT2D eigenvalue weighted by atomic mass is 9.97. The summed E-state index contributed by atoms with van der Waals surface area (Å²) in [6.45, 7) is 17.4. The molecule has 0 amide bonds. The molecule has 3 fully saturated rings. The van der Waals surface area contributed by atoms with Crippen LogP contribution < -0.4 is 22.9 Å². The van der Waals surface area contributed by atoms with E-state index in [2.05, 4.69) is 9.97 Å². The molecule has 508 valence electrons. The molecule has 0 bridgehead atoms. The number of aryl methyl sites for hydroxylation is 3. The first-order valence-corrected chi connectivity index (χ1v) is 38.8. The van der Waals surface area contributed by atoms with E-state index < -0.39 is 34.8 Å². The number of rotatable bonds is 11. The highest BCUT2D eigenvalue weighted by atomic mass is 35.7. The summed E-state index contributed by atoms with van der Waals surface area (Å²) in [6.07, 6.45) is 7.57. The molecule has 3 aliphatic rings. The number of aromatic nitrogens is 2. The fourth-order valence-electron chi connectivity index (χ4n) is 9.27. The highest BCUT2D eigenvalue weighted by molar-refractivity contribution is 8.14. The van der Waals surface area contributed by atoms with Crippen molar-refractivity contribution in [2.45, 2.75) is 160 Å². The number of fused-ring (bicyclic) bond motifs is 2. The average molecular weight is 1470 g/mol. The van der Waals surface area contributed by atoms with E-state index in [4.69, 9.17) is 90.5 Å². The van der Waals surface area contributed by atoms with Crippen molar-refractivity contribution < 1.29 is 52.4 Å². The van der Waals surface area contributed by atoms with Crippen LogP contribution in [0.2, 0.25) is 15.1 Å². The van der Waals surface area contributed by atoms with Crippen molar-refractivity contribution in [3.63, 3.8) is 0 Å². The van der Waals surface area contributed by atoms with Crippen LogP contribution in [0.4, 0.5) is 5.69 Å². The molecule has 9 N–H and O–H groups in total. The van der Waals surface area contributed by atoms with Crippen molar-refractivity contribution in [2.24, 2.45) is 17.2 Å². The Bertz CT molecular complexity index is 3960. The number of sulfonamides is 2. The summed E-state index contributed by atoms with van der Waals surface area (Å²) in [5, 5.41) is 11.3.